The van der Waals surface area contributed by atoms with E-state index in [1.807, 2.05) is 30.1 Å². The van der Waals surface area contributed by atoms with Crippen molar-refractivity contribution < 1.29 is 4.39 Å². The zero-order valence-corrected chi connectivity index (χ0v) is 9.60. The molecule has 1 aromatic carbocycles. The van der Waals surface area contributed by atoms with Gasteiger partial charge in [0.15, 0.2) is 0 Å². The molecule has 0 unspecified atom stereocenters. The van der Waals surface area contributed by atoms with Gasteiger partial charge >= 0.3 is 0 Å². The maximum Gasteiger partial charge on any atom is 0.132 e. The van der Waals surface area contributed by atoms with Crippen LogP contribution in [0.4, 0.5) is 15.9 Å². The van der Waals surface area contributed by atoms with Gasteiger partial charge in [-0.15, -0.1) is 0 Å². The lowest BCUT2D eigenvalue weighted by Gasteiger charge is -2.18. The summed E-state index contributed by atoms with van der Waals surface area (Å²) in [7, 11) is 1.84. The molecule has 2 N–H and O–H groups in total. The number of nitrogens with two attached hydrogens (primary N) is 1. The lowest BCUT2D eigenvalue weighted by atomic mass is 10.2. The Balaban J connectivity index is 2.33. The Kier molecular flexibility index (Phi) is 3.35. The van der Waals surface area contributed by atoms with Gasteiger partial charge in [0.25, 0.3) is 0 Å². The molecule has 17 heavy (non-hydrogen) atoms. The zero-order chi connectivity index (χ0) is 12.3. The van der Waals surface area contributed by atoms with Gasteiger partial charge in [-0.2, -0.15) is 0 Å². The molecular formula is C13H14FN3. The first kappa shape index (κ1) is 11.5. The van der Waals surface area contributed by atoms with Gasteiger partial charge in [-0.3, -0.25) is 0 Å². The van der Waals surface area contributed by atoms with Gasteiger partial charge in [-0.05, 0) is 35.9 Å². The van der Waals surface area contributed by atoms with Crippen molar-refractivity contribution in [2.75, 3.05) is 11.9 Å². The van der Waals surface area contributed by atoms with E-state index in [1.165, 1.54) is 12.1 Å². The Morgan fingerprint density at radius 2 is 2.12 bits per heavy atom. The van der Waals surface area contributed by atoms with Crippen LogP contribution in [-0.4, -0.2) is 12.0 Å². The summed E-state index contributed by atoms with van der Waals surface area (Å²) in [5, 5.41) is 0. The summed E-state index contributed by atoms with van der Waals surface area (Å²) in [6.07, 6.45) is 1.70. The van der Waals surface area contributed by atoms with E-state index in [4.69, 9.17) is 5.73 Å². The molecule has 2 rings (SSSR count). The van der Waals surface area contributed by atoms with Crippen molar-refractivity contribution in [2.24, 2.45) is 5.73 Å². The first-order valence-corrected chi connectivity index (χ1v) is 5.35. The fourth-order valence-electron chi connectivity index (χ4n) is 1.59. The number of rotatable bonds is 3. The molecule has 1 heterocycles. The molecular weight excluding hydrogens is 217 g/mol. The molecule has 4 heteroatoms. The summed E-state index contributed by atoms with van der Waals surface area (Å²) in [5.41, 5.74) is 7.33. The van der Waals surface area contributed by atoms with Gasteiger partial charge in [0.1, 0.15) is 11.6 Å². The summed E-state index contributed by atoms with van der Waals surface area (Å²) < 4.78 is 13.1. The fourth-order valence-corrected chi connectivity index (χ4v) is 1.59. The molecule has 0 fully saturated rings. The van der Waals surface area contributed by atoms with Gasteiger partial charge in [-0.25, -0.2) is 9.37 Å². The third kappa shape index (κ3) is 2.60. The predicted molar refractivity (Wildman–Crippen MR) is 66.6 cm³/mol. The summed E-state index contributed by atoms with van der Waals surface area (Å²) >= 11 is 0. The van der Waals surface area contributed by atoms with Crippen molar-refractivity contribution in [1.82, 2.24) is 4.98 Å². The van der Waals surface area contributed by atoms with Crippen molar-refractivity contribution in [3.63, 3.8) is 0 Å². The summed E-state index contributed by atoms with van der Waals surface area (Å²) in [6.45, 7) is 0.465. The third-order valence-corrected chi connectivity index (χ3v) is 2.58. The molecule has 0 saturated heterocycles. The molecule has 1 aromatic heterocycles. The van der Waals surface area contributed by atoms with Crippen molar-refractivity contribution in [1.29, 1.82) is 0 Å². The van der Waals surface area contributed by atoms with E-state index in [1.54, 1.807) is 12.3 Å². The number of aromatic nitrogens is 1. The molecule has 0 aliphatic rings. The molecule has 88 valence electrons. The fraction of sp³-hybridized carbons (Fsp3) is 0.154. The largest absolute Gasteiger partial charge is 0.329 e. The van der Waals surface area contributed by atoms with Crippen LogP contribution in [0, 0.1) is 5.82 Å². The molecule has 0 saturated carbocycles. The van der Waals surface area contributed by atoms with Crippen molar-refractivity contribution >= 4 is 11.5 Å². The highest BCUT2D eigenvalue weighted by Gasteiger charge is 2.06. The molecule has 3 nitrogen and oxygen atoms in total. The lowest BCUT2D eigenvalue weighted by Crippen LogP contribution is -2.12. The second-order valence-electron chi connectivity index (χ2n) is 3.77. The molecule has 0 atom stereocenters. The minimum absolute atomic E-state index is 0.260. The standard InChI is InChI=1S/C13H14FN3/c1-17(12-4-2-3-11(14)8-12)13-7-10(9-15)5-6-16-13/h2-8H,9,15H2,1H3. The number of benzene rings is 1. The van der Waals surface area contributed by atoms with E-state index in [-0.39, 0.29) is 5.82 Å². The maximum atomic E-state index is 13.1. The van der Waals surface area contributed by atoms with Crippen LogP contribution in [0.1, 0.15) is 5.56 Å². The van der Waals surface area contributed by atoms with E-state index in [9.17, 15) is 4.39 Å². The number of hydrogen-bond donors (Lipinski definition) is 1. The van der Waals surface area contributed by atoms with Crippen molar-refractivity contribution in [3.8, 4) is 0 Å². The summed E-state index contributed by atoms with van der Waals surface area (Å²) in [6, 6.07) is 10.2. The quantitative estimate of drug-likeness (QED) is 0.882. The molecule has 0 aliphatic carbocycles. The topological polar surface area (TPSA) is 42.1 Å². The predicted octanol–water partition coefficient (Wildman–Crippen LogP) is 2.45. The van der Waals surface area contributed by atoms with Gasteiger partial charge in [0, 0.05) is 25.5 Å². The van der Waals surface area contributed by atoms with Crippen LogP contribution in [0.15, 0.2) is 42.6 Å². The smallest absolute Gasteiger partial charge is 0.132 e. The van der Waals surface area contributed by atoms with E-state index in [0.717, 1.165) is 17.1 Å². The van der Waals surface area contributed by atoms with Crippen LogP contribution >= 0.6 is 0 Å². The minimum Gasteiger partial charge on any atom is -0.329 e. The molecule has 0 radical (unpaired) electrons. The average Bonchev–Trinajstić information content (AvgIpc) is 2.38. The Hall–Kier alpha value is -1.94. The molecule has 0 amide bonds. The third-order valence-electron chi connectivity index (χ3n) is 2.58. The SMILES string of the molecule is CN(c1cccc(F)c1)c1cc(CN)ccn1. The number of pyridine rings is 1. The minimum atomic E-state index is -0.260. The maximum absolute atomic E-state index is 13.1. The first-order valence-electron chi connectivity index (χ1n) is 5.35. The lowest BCUT2D eigenvalue weighted by molar-refractivity contribution is 0.628. The van der Waals surface area contributed by atoms with E-state index >= 15 is 0 Å². The van der Waals surface area contributed by atoms with Crippen LogP contribution in [0.2, 0.25) is 0 Å². The molecule has 2 aromatic rings. The molecule has 0 spiro atoms. The Morgan fingerprint density at radius 3 is 2.82 bits per heavy atom. The van der Waals surface area contributed by atoms with E-state index in [0.29, 0.717) is 6.54 Å². The molecule has 0 aliphatic heterocycles. The Bertz CT molecular complexity index is 514. The van der Waals surface area contributed by atoms with Crippen LogP contribution in [0.25, 0.3) is 0 Å². The van der Waals surface area contributed by atoms with Crippen LogP contribution in [0.3, 0.4) is 0 Å². The second kappa shape index (κ2) is 4.93. The Morgan fingerprint density at radius 1 is 1.29 bits per heavy atom. The average molecular weight is 231 g/mol. The van der Waals surface area contributed by atoms with Crippen LogP contribution in [0.5, 0.6) is 0 Å². The van der Waals surface area contributed by atoms with E-state index < -0.39 is 0 Å². The highest BCUT2D eigenvalue weighted by molar-refractivity contribution is 5.59. The summed E-state index contributed by atoms with van der Waals surface area (Å²) in [4.78, 5) is 6.06. The van der Waals surface area contributed by atoms with Crippen molar-refractivity contribution in [3.05, 3.63) is 54.0 Å². The Labute approximate surface area is 99.7 Å². The highest BCUT2D eigenvalue weighted by Crippen LogP contribution is 2.22. The van der Waals surface area contributed by atoms with Gasteiger partial charge < -0.3 is 10.6 Å². The van der Waals surface area contributed by atoms with E-state index in [2.05, 4.69) is 4.98 Å². The van der Waals surface area contributed by atoms with Crippen LogP contribution in [-0.2, 0) is 6.54 Å². The van der Waals surface area contributed by atoms with Gasteiger partial charge in [-0.1, -0.05) is 6.07 Å². The zero-order valence-electron chi connectivity index (χ0n) is 9.60. The monoisotopic (exact) mass is 231 g/mol. The van der Waals surface area contributed by atoms with Gasteiger partial charge in [0.05, 0.1) is 0 Å². The van der Waals surface area contributed by atoms with Crippen LogP contribution < -0.4 is 10.6 Å². The summed E-state index contributed by atoms with van der Waals surface area (Å²) in [5.74, 6) is 0.489. The van der Waals surface area contributed by atoms with Crippen molar-refractivity contribution in [2.45, 2.75) is 6.54 Å². The van der Waals surface area contributed by atoms with Gasteiger partial charge in [0.2, 0.25) is 0 Å². The normalized spacial score (nSPS) is 10.3. The number of anilines is 2. The number of hydrogen-bond acceptors (Lipinski definition) is 3. The molecule has 0 bridgehead atoms. The number of halogens is 1. The second-order valence-corrected chi connectivity index (χ2v) is 3.77. The highest BCUT2D eigenvalue weighted by atomic mass is 19.1. The number of nitrogens with zero attached hydrogens (tertiary/aromatic N) is 2. The first-order chi connectivity index (χ1) is 8.20.